The Kier molecular flexibility index (Phi) is 3.14. The number of benzene rings is 1. The number of primary amides is 1. The molecule has 1 aromatic carbocycles. The first-order valence-electron chi connectivity index (χ1n) is 5.36. The summed E-state index contributed by atoms with van der Waals surface area (Å²) in [5.74, 6) is 0.550. The summed E-state index contributed by atoms with van der Waals surface area (Å²) in [5, 5.41) is 0. The minimum Gasteiger partial charge on any atom is -0.439 e. The van der Waals surface area contributed by atoms with Crippen molar-refractivity contribution in [2.75, 3.05) is 5.73 Å². The average molecular weight is 243 g/mol. The molecule has 1 heterocycles. The van der Waals surface area contributed by atoms with E-state index in [-0.39, 0.29) is 0 Å². The maximum atomic E-state index is 10.9. The van der Waals surface area contributed by atoms with Crippen LogP contribution in [-0.4, -0.2) is 10.9 Å². The summed E-state index contributed by atoms with van der Waals surface area (Å²) in [7, 11) is 0. The van der Waals surface area contributed by atoms with Crippen LogP contribution in [0.3, 0.4) is 0 Å². The van der Waals surface area contributed by atoms with Gasteiger partial charge in [0, 0.05) is 18.0 Å². The molecule has 92 valence electrons. The Labute approximate surface area is 104 Å². The topological polar surface area (TPSA) is 91.2 Å². The van der Waals surface area contributed by atoms with Crippen LogP contribution >= 0.6 is 0 Å². The van der Waals surface area contributed by atoms with Crippen LogP contribution in [0.4, 0.5) is 5.69 Å². The van der Waals surface area contributed by atoms with Crippen molar-refractivity contribution in [1.29, 1.82) is 0 Å². The Morgan fingerprint density at radius 3 is 2.61 bits per heavy atom. The molecule has 5 heteroatoms. The smallest absolute Gasteiger partial charge is 0.250 e. The fraction of sp³-hybridized carbons (Fsp3) is 0.0769. The second-order valence-corrected chi connectivity index (χ2v) is 3.88. The van der Waals surface area contributed by atoms with E-state index in [2.05, 4.69) is 4.98 Å². The van der Waals surface area contributed by atoms with E-state index in [1.807, 2.05) is 13.0 Å². The molecule has 0 saturated carbocycles. The van der Waals surface area contributed by atoms with Gasteiger partial charge in [-0.05, 0) is 36.8 Å². The number of anilines is 1. The van der Waals surface area contributed by atoms with Gasteiger partial charge < -0.3 is 16.2 Å². The average Bonchev–Trinajstić information content (AvgIpc) is 2.33. The first-order chi connectivity index (χ1) is 8.56. The maximum absolute atomic E-state index is 10.9. The van der Waals surface area contributed by atoms with Crippen molar-refractivity contribution in [3.8, 4) is 11.6 Å². The zero-order valence-electron chi connectivity index (χ0n) is 9.88. The van der Waals surface area contributed by atoms with Gasteiger partial charge in [-0.2, -0.15) is 0 Å². The van der Waals surface area contributed by atoms with Crippen molar-refractivity contribution in [3.63, 3.8) is 0 Å². The molecular weight excluding hydrogens is 230 g/mol. The highest BCUT2D eigenvalue weighted by molar-refractivity contribution is 5.92. The second kappa shape index (κ2) is 4.75. The zero-order valence-corrected chi connectivity index (χ0v) is 9.88. The number of pyridine rings is 1. The van der Waals surface area contributed by atoms with Crippen LogP contribution in [0.1, 0.15) is 15.9 Å². The predicted octanol–water partition coefficient (Wildman–Crippen LogP) is 1.86. The van der Waals surface area contributed by atoms with Crippen molar-refractivity contribution in [1.82, 2.24) is 4.98 Å². The number of aromatic nitrogens is 1. The van der Waals surface area contributed by atoms with Gasteiger partial charge in [-0.3, -0.25) is 4.79 Å². The molecular formula is C13H13N3O2. The number of carbonyl (C=O) groups excluding carboxylic acids is 1. The predicted molar refractivity (Wildman–Crippen MR) is 68.4 cm³/mol. The summed E-state index contributed by atoms with van der Waals surface area (Å²) in [5.41, 5.74) is 12.7. The number of nitrogens with two attached hydrogens (primary N) is 2. The number of amides is 1. The Bertz CT molecular complexity index is 579. The lowest BCUT2D eigenvalue weighted by atomic mass is 10.2. The molecule has 0 fully saturated rings. The third-order valence-electron chi connectivity index (χ3n) is 2.43. The Morgan fingerprint density at radius 1 is 1.28 bits per heavy atom. The fourth-order valence-electron chi connectivity index (χ4n) is 1.49. The lowest BCUT2D eigenvalue weighted by Crippen LogP contribution is -2.10. The summed E-state index contributed by atoms with van der Waals surface area (Å²) in [6.45, 7) is 1.89. The van der Waals surface area contributed by atoms with Gasteiger partial charge in [0.15, 0.2) is 0 Å². The molecule has 2 aromatic rings. The van der Waals surface area contributed by atoms with E-state index in [0.29, 0.717) is 22.9 Å². The molecule has 1 aromatic heterocycles. The van der Waals surface area contributed by atoms with E-state index in [1.54, 1.807) is 24.3 Å². The van der Waals surface area contributed by atoms with Crippen molar-refractivity contribution in [2.24, 2.45) is 5.73 Å². The summed E-state index contributed by atoms with van der Waals surface area (Å²) in [4.78, 5) is 14.9. The van der Waals surface area contributed by atoms with Crippen LogP contribution in [0, 0.1) is 6.92 Å². The fourth-order valence-corrected chi connectivity index (χ4v) is 1.49. The normalized spacial score (nSPS) is 10.1. The summed E-state index contributed by atoms with van der Waals surface area (Å²) < 4.78 is 5.58. The Hall–Kier alpha value is -2.56. The maximum Gasteiger partial charge on any atom is 0.250 e. The minimum atomic E-state index is -0.516. The van der Waals surface area contributed by atoms with Crippen LogP contribution < -0.4 is 16.2 Å². The van der Waals surface area contributed by atoms with Crippen molar-refractivity contribution < 1.29 is 9.53 Å². The standard InChI is InChI=1S/C13H13N3O2/c1-8-6-10(14)3-4-11(8)18-12-5-2-9(7-16-12)13(15)17/h2-7H,14H2,1H3,(H2,15,17). The van der Waals surface area contributed by atoms with Crippen molar-refractivity contribution in [2.45, 2.75) is 6.92 Å². The Balaban J connectivity index is 2.21. The number of carbonyl (C=O) groups is 1. The number of ether oxygens (including phenoxy) is 1. The number of nitrogen functional groups attached to an aromatic ring is 1. The third-order valence-corrected chi connectivity index (χ3v) is 2.43. The zero-order chi connectivity index (χ0) is 13.1. The molecule has 1 amide bonds. The van der Waals surface area contributed by atoms with Gasteiger partial charge >= 0.3 is 0 Å². The van der Waals surface area contributed by atoms with E-state index >= 15 is 0 Å². The molecule has 0 unspecified atom stereocenters. The van der Waals surface area contributed by atoms with E-state index in [9.17, 15) is 4.79 Å². The molecule has 0 aliphatic carbocycles. The van der Waals surface area contributed by atoms with Gasteiger partial charge in [0.2, 0.25) is 11.8 Å². The molecule has 0 aliphatic rings. The van der Waals surface area contributed by atoms with Gasteiger partial charge in [0.25, 0.3) is 0 Å². The molecule has 4 N–H and O–H groups in total. The molecule has 5 nitrogen and oxygen atoms in total. The van der Waals surface area contributed by atoms with Crippen molar-refractivity contribution in [3.05, 3.63) is 47.7 Å². The molecule has 18 heavy (non-hydrogen) atoms. The monoisotopic (exact) mass is 243 g/mol. The van der Waals surface area contributed by atoms with Gasteiger partial charge in [-0.25, -0.2) is 4.98 Å². The number of nitrogens with zero attached hydrogens (tertiary/aromatic N) is 1. The van der Waals surface area contributed by atoms with E-state index in [0.717, 1.165) is 5.56 Å². The second-order valence-electron chi connectivity index (χ2n) is 3.88. The first-order valence-corrected chi connectivity index (χ1v) is 5.36. The number of hydrogen-bond donors (Lipinski definition) is 2. The lowest BCUT2D eigenvalue weighted by Gasteiger charge is -2.08. The van der Waals surface area contributed by atoms with Crippen LogP contribution in [0.5, 0.6) is 11.6 Å². The molecule has 2 rings (SSSR count). The van der Waals surface area contributed by atoms with Crippen LogP contribution in [0.15, 0.2) is 36.5 Å². The lowest BCUT2D eigenvalue weighted by molar-refractivity contribution is 0.1000. The molecule has 0 radical (unpaired) electrons. The Morgan fingerprint density at radius 2 is 2.06 bits per heavy atom. The van der Waals surface area contributed by atoms with Crippen LogP contribution in [0.25, 0.3) is 0 Å². The highest BCUT2D eigenvalue weighted by atomic mass is 16.5. The SMILES string of the molecule is Cc1cc(N)ccc1Oc1ccc(C(N)=O)cn1. The number of aryl methyl sites for hydroxylation is 1. The van der Waals surface area contributed by atoms with Gasteiger partial charge in [-0.15, -0.1) is 0 Å². The molecule has 0 atom stereocenters. The van der Waals surface area contributed by atoms with Crippen LogP contribution in [0.2, 0.25) is 0 Å². The van der Waals surface area contributed by atoms with Crippen molar-refractivity contribution >= 4 is 11.6 Å². The summed E-state index contributed by atoms with van der Waals surface area (Å²) in [6, 6.07) is 8.49. The highest BCUT2D eigenvalue weighted by Crippen LogP contribution is 2.25. The quantitative estimate of drug-likeness (QED) is 0.805. The summed E-state index contributed by atoms with van der Waals surface area (Å²) in [6.07, 6.45) is 1.38. The first kappa shape index (κ1) is 11.9. The van der Waals surface area contributed by atoms with Gasteiger partial charge in [-0.1, -0.05) is 0 Å². The van der Waals surface area contributed by atoms with Crippen LogP contribution in [-0.2, 0) is 0 Å². The number of rotatable bonds is 3. The van der Waals surface area contributed by atoms with Gasteiger partial charge in [0.05, 0.1) is 5.56 Å². The minimum absolute atomic E-state index is 0.344. The largest absolute Gasteiger partial charge is 0.439 e. The highest BCUT2D eigenvalue weighted by Gasteiger charge is 2.05. The number of hydrogen-bond acceptors (Lipinski definition) is 4. The molecule has 0 bridgehead atoms. The van der Waals surface area contributed by atoms with Gasteiger partial charge in [0.1, 0.15) is 5.75 Å². The summed E-state index contributed by atoms with van der Waals surface area (Å²) >= 11 is 0. The molecule has 0 saturated heterocycles. The molecule has 0 spiro atoms. The molecule has 0 aliphatic heterocycles. The van der Waals surface area contributed by atoms with E-state index < -0.39 is 5.91 Å². The van der Waals surface area contributed by atoms with E-state index in [4.69, 9.17) is 16.2 Å². The third kappa shape index (κ3) is 2.57. The van der Waals surface area contributed by atoms with E-state index in [1.165, 1.54) is 6.20 Å².